The van der Waals surface area contributed by atoms with Crippen LogP contribution >= 0.6 is 0 Å². The van der Waals surface area contributed by atoms with Crippen molar-refractivity contribution in [3.63, 3.8) is 0 Å². The van der Waals surface area contributed by atoms with Gasteiger partial charge in [0.25, 0.3) is 0 Å². The molecule has 6 nitrogen and oxygen atoms in total. The van der Waals surface area contributed by atoms with E-state index in [0.29, 0.717) is 6.42 Å². The van der Waals surface area contributed by atoms with Crippen molar-refractivity contribution in [3.05, 3.63) is 71.9 Å². The summed E-state index contributed by atoms with van der Waals surface area (Å²) in [6.07, 6.45) is 12.2. The Bertz CT molecular complexity index is 1340. The lowest BCUT2D eigenvalue weighted by molar-refractivity contribution is 0.269. The van der Waals surface area contributed by atoms with E-state index in [1.165, 1.54) is 73.8 Å². The fourth-order valence-electron chi connectivity index (χ4n) is 5.42. The lowest BCUT2D eigenvalue weighted by Gasteiger charge is -2.19. The molecule has 1 saturated heterocycles. The van der Waals surface area contributed by atoms with Gasteiger partial charge < -0.3 is 9.72 Å². The van der Waals surface area contributed by atoms with Crippen LogP contribution in [0, 0.1) is 11.8 Å². The largest absolute Gasteiger partial charge is 0.493 e. The summed E-state index contributed by atoms with van der Waals surface area (Å²) >= 11 is 0. The number of likely N-dealkylation sites (tertiary alicyclic amines) is 1. The molecule has 4 aromatic rings. The van der Waals surface area contributed by atoms with Crippen LogP contribution in [0.3, 0.4) is 0 Å². The topological polar surface area (TPSA) is 66.9 Å². The van der Waals surface area contributed by atoms with Crippen molar-refractivity contribution in [1.29, 1.82) is 0 Å². The SMILES string of the molecule is CCC1CCCN(Cc2cc3cc(Cc4nccc(-c5cc(OCC6CC6)ccn5)n4)ccc3[nH]2)CC1. The predicted octanol–water partition coefficient (Wildman–Crippen LogP) is 6.41. The molecule has 2 aliphatic rings. The maximum absolute atomic E-state index is 5.94. The maximum atomic E-state index is 5.94. The minimum atomic E-state index is 0.687. The van der Waals surface area contributed by atoms with Gasteiger partial charge in [0.1, 0.15) is 11.6 Å². The minimum Gasteiger partial charge on any atom is -0.493 e. The number of hydrogen-bond acceptors (Lipinski definition) is 5. The number of aromatic amines is 1. The van der Waals surface area contributed by atoms with Gasteiger partial charge in [-0.1, -0.05) is 19.4 Å². The molecule has 1 aromatic carbocycles. The highest BCUT2D eigenvalue weighted by Gasteiger charge is 2.22. The van der Waals surface area contributed by atoms with Gasteiger partial charge in [-0.15, -0.1) is 0 Å². The summed E-state index contributed by atoms with van der Waals surface area (Å²) in [6, 6.07) is 14.8. The Hall–Kier alpha value is -3.25. The van der Waals surface area contributed by atoms with Crippen molar-refractivity contribution < 1.29 is 4.74 Å². The highest BCUT2D eigenvalue weighted by atomic mass is 16.5. The van der Waals surface area contributed by atoms with E-state index < -0.39 is 0 Å². The van der Waals surface area contributed by atoms with E-state index in [0.717, 1.165) is 47.9 Å². The van der Waals surface area contributed by atoms with Crippen molar-refractivity contribution in [1.82, 2.24) is 24.8 Å². The summed E-state index contributed by atoms with van der Waals surface area (Å²) < 4.78 is 5.94. The van der Waals surface area contributed by atoms with E-state index in [4.69, 9.17) is 9.72 Å². The van der Waals surface area contributed by atoms with Gasteiger partial charge in [-0.2, -0.15) is 0 Å². The van der Waals surface area contributed by atoms with Gasteiger partial charge in [0.2, 0.25) is 0 Å². The van der Waals surface area contributed by atoms with E-state index >= 15 is 0 Å². The van der Waals surface area contributed by atoms with Crippen LogP contribution in [0.4, 0.5) is 0 Å². The zero-order chi connectivity index (χ0) is 25.0. The third-order valence-corrected chi connectivity index (χ3v) is 7.90. The van der Waals surface area contributed by atoms with Crippen LogP contribution in [0.1, 0.15) is 62.5 Å². The summed E-state index contributed by atoms with van der Waals surface area (Å²) in [5.74, 6) is 3.28. The number of nitrogens with one attached hydrogen (secondary N) is 1. The van der Waals surface area contributed by atoms with Gasteiger partial charge in [-0.25, -0.2) is 9.97 Å². The van der Waals surface area contributed by atoms with Gasteiger partial charge >= 0.3 is 0 Å². The van der Waals surface area contributed by atoms with Gasteiger partial charge in [0.05, 0.1) is 18.0 Å². The average Bonchev–Trinajstić information content (AvgIpc) is 3.71. The van der Waals surface area contributed by atoms with Crippen molar-refractivity contribution in [2.45, 2.75) is 58.4 Å². The van der Waals surface area contributed by atoms with Gasteiger partial charge in [0.15, 0.2) is 0 Å². The number of pyridine rings is 1. The molecular weight excluding hydrogens is 458 g/mol. The lowest BCUT2D eigenvalue weighted by Crippen LogP contribution is -2.24. The predicted molar refractivity (Wildman–Crippen MR) is 147 cm³/mol. The smallest absolute Gasteiger partial charge is 0.133 e. The molecule has 0 bridgehead atoms. The molecule has 192 valence electrons. The first-order valence-corrected chi connectivity index (χ1v) is 14.0. The molecule has 2 fully saturated rings. The Morgan fingerprint density at radius 2 is 1.84 bits per heavy atom. The average molecular weight is 496 g/mol. The fourth-order valence-corrected chi connectivity index (χ4v) is 5.42. The van der Waals surface area contributed by atoms with E-state index in [1.807, 2.05) is 24.4 Å². The zero-order valence-electron chi connectivity index (χ0n) is 21.8. The normalized spacial score (nSPS) is 18.7. The Balaban J connectivity index is 1.13. The summed E-state index contributed by atoms with van der Waals surface area (Å²) in [4.78, 5) is 20.2. The second-order valence-electron chi connectivity index (χ2n) is 10.9. The molecular formula is C31H37N5O. The Labute approximate surface area is 219 Å². The third kappa shape index (κ3) is 6.19. The summed E-state index contributed by atoms with van der Waals surface area (Å²) in [5, 5.41) is 1.26. The molecule has 1 aliphatic carbocycles. The highest BCUT2D eigenvalue weighted by molar-refractivity contribution is 5.81. The Kier molecular flexibility index (Phi) is 7.18. The molecule has 4 heterocycles. The van der Waals surface area contributed by atoms with E-state index in [9.17, 15) is 0 Å². The van der Waals surface area contributed by atoms with Crippen LogP contribution in [0.2, 0.25) is 0 Å². The number of benzene rings is 1. The number of hydrogen-bond donors (Lipinski definition) is 1. The van der Waals surface area contributed by atoms with E-state index in [-0.39, 0.29) is 0 Å². The molecule has 1 atom stereocenters. The molecule has 1 aliphatic heterocycles. The van der Waals surface area contributed by atoms with Crippen molar-refractivity contribution >= 4 is 10.9 Å². The van der Waals surface area contributed by atoms with Crippen LogP contribution in [0.5, 0.6) is 5.75 Å². The van der Waals surface area contributed by atoms with E-state index in [1.54, 1.807) is 6.20 Å². The molecule has 1 saturated carbocycles. The zero-order valence-corrected chi connectivity index (χ0v) is 21.8. The number of aromatic nitrogens is 4. The van der Waals surface area contributed by atoms with Gasteiger partial charge in [-0.3, -0.25) is 9.88 Å². The van der Waals surface area contributed by atoms with Crippen LogP contribution in [-0.2, 0) is 13.0 Å². The Morgan fingerprint density at radius 1 is 0.919 bits per heavy atom. The number of rotatable bonds is 9. The molecule has 1 unspecified atom stereocenters. The first kappa shape index (κ1) is 24.1. The number of H-pyrrole nitrogens is 1. The monoisotopic (exact) mass is 495 g/mol. The molecule has 1 N–H and O–H groups in total. The fraction of sp³-hybridized carbons (Fsp3) is 0.452. The lowest BCUT2D eigenvalue weighted by atomic mass is 9.98. The van der Waals surface area contributed by atoms with Crippen molar-refractivity contribution in [2.75, 3.05) is 19.7 Å². The second-order valence-corrected chi connectivity index (χ2v) is 10.9. The van der Waals surface area contributed by atoms with Crippen LogP contribution < -0.4 is 4.74 Å². The molecule has 6 rings (SSSR count). The first-order valence-electron chi connectivity index (χ1n) is 14.0. The molecule has 6 heteroatoms. The van der Waals surface area contributed by atoms with Crippen molar-refractivity contribution in [2.24, 2.45) is 11.8 Å². The Morgan fingerprint density at radius 3 is 2.73 bits per heavy atom. The quantitative estimate of drug-likeness (QED) is 0.291. The third-order valence-electron chi connectivity index (χ3n) is 7.90. The van der Waals surface area contributed by atoms with Gasteiger partial charge in [0, 0.05) is 42.6 Å². The molecule has 0 spiro atoms. The molecule has 0 amide bonds. The van der Waals surface area contributed by atoms with Crippen LogP contribution in [0.15, 0.2) is 54.9 Å². The first-order chi connectivity index (χ1) is 18.2. The number of fused-ring (bicyclic) bond motifs is 1. The molecule has 37 heavy (non-hydrogen) atoms. The van der Waals surface area contributed by atoms with Crippen LogP contribution in [0.25, 0.3) is 22.3 Å². The minimum absolute atomic E-state index is 0.687. The maximum Gasteiger partial charge on any atom is 0.133 e. The van der Waals surface area contributed by atoms with Crippen LogP contribution in [-0.4, -0.2) is 44.5 Å². The second kappa shape index (κ2) is 11.0. The standard InChI is InChI=1S/C31H37N5O/c1-2-22-4-3-14-36(15-11-22)20-26-18-25-16-24(7-8-28(25)34-26)17-31-33-13-10-29(35-31)30-19-27(9-12-32-30)37-21-23-5-6-23/h7-10,12-13,16,18-19,22-23,34H,2-6,11,14-15,17,20-21H2,1H3. The molecule has 0 radical (unpaired) electrons. The summed E-state index contributed by atoms with van der Waals surface area (Å²) in [5.41, 5.74) is 5.36. The number of nitrogens with zero attached hydrogens (tertiary/aromatic N) is 4. The summed E-state index contributed by atoms with van der Waals surface area (Å²) in [6.45, 7) is 6.53. The number of ether oxygens (including phenoxy) is 1. The van der Waals surface area contributed by atoms with Crippen molar-refractivity contribution in [3.8, 4) is 17.1 Å². The highest BCUT2D eigenvalue weighted by Crippen LogP contribution is 2.30. The van der Waals surface area contributed by atoms with Gasteiger partial charge in [-0.05, 0) is 98.3 Å². The molecule has 3 aromatic heterocycles. The summed E-state index contributed by atoms with van der Waals surface area (Å²) in [7, 11) is 0. The van der Waals surface area contributed by atoms with E-state index in [2.05, 4.69) is 51.0 Å².